The zero-order valence-electron chi connectivity index (χ0n) is 6.21. The lowest BCUT2D eigenvalue weighted by Crippen LogP contribution is -1.98. The van der Waals surface area contributed by atoms with Crippen molar-refractivity contribution in [3.05, 3.63) is 18.9 Å². The van der Waals surface area contributed by atoms with E-state index in [2.05, 4.69) is 16.9 Å². The average Bonchev–Trinajstić information content (AvgIpc) is 2.37. The van der Waals surface area contributed by atoms with Crippen molar-refractivity contribution in [1.82, 2.24) is 4.98 Å². The van der Waals surface area contributed by atoms with Crippen LogP contribution in [0.15, 0.2) is 18.9 Å². The van der Waals surface area contributed by atoms with Crippen LogP contribution >= 0.6 is 11.3 Å². The van der Waals surface area contributed by atoms with Crippen molar-refractivity contribution in [1.29, 1.82) is 0 Å². The summed E-state index contributed by atoms with van der Waals surface area (Å²) in [6.45, 7) is 4.49. The standard InChI is InChI=1S/C7H11N3S/c1-2-3-4-9-7-10-5-6(8)11-7/h2,5H,1,3-4,8H2,(H,9,10). The Balaban J connectivity index is 2.32. The third-order valence-electron chi connectivity index (χ3n) is 1.15. The molecule has 60 valence electrons. The number of aromatic nitrogens is 1. The van der Waals surface area contributed by atoms with Crippen LogP contribution in [-0.4, -0.2) is 11.5 Å². The molecule has 0 aliphatic rings. The molecule has 4 heteroatoms. The van der Waals surface area contributed by atoms with Crippen molar-refractivity contribution in [2.75, 3.05) is 17.6 Å². The second-order valence-corrected chi connectivity index (χ2v) is 3.13. The molecule has 0 aromatic carbocycles. The van der Waals surface area contributed by atoms with Gasteiger partial charge in [0.05, 0.1) is 6.20 Å². The third kappa shape index (κ3) is 2.59. The van der Waals surface area contributed by atoms with E-state index in [4.69, 9.17) is 5.73 Å². The van der Waals surface area contributed by atoms with Crippen LogP contribution in [0.2, 0.25) is 0 Å². The van der Waals surface area contributed by atoms with E-state index >= 15 is 0 Å². The number of anilines is 2. The summed E-state index contributed by atoms with van der Waals surface area (Å²) in [7, 11) is 0. The Kier molecular flexibility index (Phi) is 2.92. The number of nitrogens with one attached hydrogen (secondary N) is 1. The van der Waals surface area contributed by atoms with Gasteiger partial charge in [-0.15, -0.1) is 6.58 Å². The summed E-state index contributed by atoms with van der Waals surface area (Å²) >= 11 is 1.46. The van der Waals surface area contributed by atoms with Gasteiger partial charge in [-0.3, -0.25) is 0 Å². The van der Waals surface area contributed by atoms with E-state index in [1.165, 1.54) is 11.3 Å². The van der Waals surface area contributed by atoms with Crippen LogP contribution in [0.5, 0.6) is 0 Å². The Morgan fingerprint density at radius 3 is 3.18 bits per heavy atom. The molecule has 0 saturated carbocycles. The number of nitrogens with two attached hydrogens (primary N) is 1. The summed E-state index contributed by atoms with van der Waals surface area (Å²) in [6, 6.07) is 0. The molecule has 11 heavy (non-hydrogen) atoms. The van der Waals surface area contributed by atoms with Crippen molar-refractivity contribution in [2.45, 2.75) is 6.42 Å². The van der Waals surface area contributed by atoms with Crippen LogP contribution in [-0.2, 0) is 0 Å². The highest BCUT2D eigenvalue weighted by molar-refractivity contribution is 7.19. The molecule has 1 rings (SSSR count). The largest absolute Gasteiger partial charge is 0.389 e. The van der Waals surface area contributed by atoms with E-state index < -0.39 is 0 Å². The normalized spacial score (nSPS) is 9.45. The second-order valence-electron chi connectivity index (χ2n) is 2.07. The summed E-state index contributed by atoms with van der Waals surface area (Å²) in [5.74, 6) is 0. The topological polar surface area (TPSA) is 50.9 Å². The lowest BCUT2D eigenvalue weighted by molar-refractivity contribution is 1.06. The molecule has 0 bridgehead atoms. The van der Waals surface area contributed by atoms with E-state index in [0.29, 0.717) is 0 Å². The first-order valence-corrected chi connectivity index (χ1v) is 4.20. The summed E-state index contributed by atoms with van der Waals surface area (Å²) < 4.78 is 0. The van der Waals surface area contributed by atoms with Crippen LogP contribution in [0.4, 0.5) is 10.1 Å². The molecule has 3 N–H and O–H groups in total. The molecule has 1 aromatic rings. The van der Waals surface area contributed by atoms with Crippen molar-refractivity contribution in [3.8, 4) is 0 Å². The number of hydrogen-bond donors (Lipinski definition) is 2. The quantitative estimate of drug-likeness (QED) is 0.533. The lowest BCUT2D eigenvalue weighted by atomic mass is 10.4. The first kappa shape index (κ1) is 8.07. The van der Waals surface area contributed by atoms with Crippen LogP contribution in [0.25, 0.3) is 0 Å². The molecule has 0 atom stereocenters. The number of rotatable bonds is 4. The van der Waals surface area contributed by atoms with Crippen molar-refractivity contribution >= 4 is 21.5 Å². The minimum absolute atomic E-state index is 0.742. The highest BCUT2D eigenvalue weighted by Crippen LogP contribution is 2.18. The highest BCUT2D eigenvalue weighted by Gasteiger charge is 1.94. The smallest absolute Gasteiger partial charge is 0.184 e. The Morgan fingerprint density at radius 2 is 2.64 bits per heavy atom. The van der Waals surface area contributed by atoms with Gasteiger partial charge in [-0.1, -0.05) is 17.4 Å². The van der Waals surface area contributed by atoms with Crippen LogP contribution in [0, 0.1) is 0 Å². The van der Waals surface area contributed by atoms with Gasteiger partial charge in [0.15, 0.2) is 5.13 Å². The van der Waals surface area contributed by atoms with Gasteiger partial charge in [0.1, 0.15) is 5.00 Å². The van der Waals surface area contributed by atoms with Gasteiger partial charge >= 0.3 is 0 Å². The van der Waals surface area contributed by atoms with Crippen LogP contribution < -0.4 is 11.1 Å². The van der Waals surface area contributed by atoms with E-state index in [-0.39, 0.29) is 0 Å². The predicted molar refractivity (Wildman–Crippen MR) is 49.8 cm³/mol. The minimum atomic E-state index is 0.742. The fraction of sp³-hybridized carbons (Fsp3) is 0.286. The Hall–Kier alpha value is -1.03. The third-order valence-corrected chi connectivity index (χ3v) is 1.93. The first-order valence-electron chi connectivity index (χ1n) is 3.39. The molecule has 0 aliphatic heterocycles. The molecule has 0 radical (unpaired) electrons. The molecule has 0 saturated heterocycles. The maximum atomic E-state index is 5.48. The zero-order valence-corrected chi connectivity index (χ0v) is 7.03. The number of nitrogens with zero attached hydrogens (tertiary/aromatic N) is 1. The zero-order chi connectivity index (χ0) is 8.10. The fourth-order valence-corrected chi connectivity index (χ4v) is 1.26. The number of nitrogen functional groups attached to an aromatic ring is 1. The molecule has 3 nitrogen and oxygen atoms in total. The van der Waals surface area contributed by atoms with Gasteiger partial charge in [-0.2, -0.15) is 0 Å². The van der Waals surface area contributed by atoms with Crippen molar-refractivity contribution in [3.63, 3.8) is 0 Å². The molecular weight excluding hydrogens is 158 g/mol. The highest BCUT2D eigenvalue weighted by atomic mass is 32.1. The molecule has 0 spiro atoms. The van der Waals surface area contributed by atoms with Gasteiger partial charge in [-0.05, 0) is 6.42 Å². The Morgan fingerprint density at radius 1 is 1.82 bits per heavy atom. The molecular formula is C7H11N3S. The molecule has 1 heterocycles. The molecule has 0 aliphatic carbocycles. The second kappa shape index (κ2) is 3.98. The van der Waals surface area contributed by atoms with E-state index in [1.807, 2.05) is 6.08 Å². The molecule has 0 fully saturated rings. The van der Waals surface area contributed by atoms with Gasteiger partial charge in [0, 0.05) is 6.54 Å². The Labute approximate surface area is 70.0 Å². The average molecular weight is 169 g/mol. The lowest BCUT2D eigenvalue weighted by Gasteiger charge is -1.96. The fourth-order valence-electron chi connectivity index (χ4n) is 0.649. The van der Waals surface area contributed by atoms with Crippen molar-refractivity contribution < 1.29 is 0 Å². The van der Waals surface area contributed by atoms with Crippen LogP contribution in [0.3, 0.4) is 0 Å². The van der Waals surface area contributed by atoms with Crippen LogP contribution in [0.1, 0.15) is 6.42 Å². The van der Waals surface area contributed by atoms with E-state index in [1.54, 1.807) is 6.20 Å². The predicted octanol–water partition coefficient (Wildman–Crippen LogP) is 1.71. The first-order chi connectivity index (χ1) is 5.33. The van der Waals surface area contributed by atoms with E-state index in [9.17, 15) is 0 Å². The van der Waals surface area contributed by atoms with Crippen molar-refractivity contribution in [2.24, 2.45) is 0 Å². The SMILES string of the molecule is C=CCCNc1ncc(N)s1. The molecule has 0 amide bonds. The number of thiazole rings is 1. The van der Waals surface area contributed by atoms with E-state index in [0.717, 1.165) is 23.1 Å². The minimum Gasteiger partial charge on any atom is -0.389 e. The monoisotopic (exact) mass is 169 g/mol. The van der Waals surface area contributed by atoms with Gasteiger partial charge < -0.3 is 11.1 Å². The molecule has 0 unspecified atom stereocenters. The van der Waals surface area contributed by atoms with Gasteiger partial charge in [0.2, 0.25) is 0 Å². The maximum absolute atomic E-state index is 5.48. The van der Waals surface area contributed by atoms with Gasteiger partial charge in [-0.25, -0.2) is 4.98 Å². The summed E-state index contributed by atoms with van der Waals surface area (Å²) in [5.41, 5.74) is 5.48. The molecule has 1 aromatic heterocycles. The maximum Gasteiger partial charge on any atom is 0.184 e. The van der Waals surface area contributed by atoms with Gasteiger partial charge in [0.25, 0.3) is 0 Å². The summed E-state index contributed by atoms with van der Waals surface area (Å²) in [6.07, 6.45) is 4.46. The summed E-state index contributed by atoms with van der Waals surface area (Å²) in [5, 5.41) is 4.74. The summed E-state index contributed by atoms with van der Waals surface area (Å²) in [4.78, 5) is 4.04. The Bertz CT molecular complexity index is 231. The number of hydrogen-bond acceptors (Lipinski definition) is 4.